The molecule has 5 nitrogen and oxygen atoms in total. The van der Waals surface area contributed by atoms with Gasteiger partial charge in [-0.25, -0.2) is 4.79 Å². The number of carboxylic acids is 1. The Morgan fingerprint density at radius 3 is 2.74 bits per heavy atom. The highest BCUT2D eigenvalue weighted by atomic mass is 127. The third-order valence-corrected chi connectivity index (χ3v) is 3.67. The Morgan fingerprint density at radius 2 is 2.16 bits per heavy atom. The molecule has 0 spiro atoms. The summed E-state index contributed by atoms with van der Waals surface area (Å²) in [6, 6.07) is 4.88. The molecule has 0 heterocycles. The molecule has 1 aromatic carbocycles. The summed E-state index contributed by atoms with van der Waals surface area (Å²) in [5, 5.41) is 11.8. The van der Waals surface area contributed by atoms with Crippen LogP contribution in [0.1, 0.15) is 30.1 Å². The van der Waals surface area contributed by atoms with Crippen LogP contribution >= 0.6 is 22.6 Å². The molecule has 1 amide bonds. The van der Waals surface area contributed by atoms with Crippen molar-refractivity contribution in [1.29, 1.82) is 0 Å². The predicted molar refractivity (Wildman–Crippen MR) is 77.4 cm³/mol. The van der Waals surface area contributed by atoms with Gasteiger partial charge in [0.05, 0.1) is 9.13 Å². The fourth-order valence-corrected chi connectivity index (χ4v) is 1.98. The van der Waals surface area contributed by atoms with E-state index in [0.717, 1.165) is 16.4 Å². The number of hydrogen-bond acceptors (Lipinski definition) is 3. The first-order valence-corrected chi connectivity index (χ1v) is 7.05. The lowest BCUT2D eigenvalue weighted by Crippen LogP contribution is -2.37. The first kappa shape index (κ1) is 14.1. The maximum absolute atomic E-state index is 11.8. The molecule has 0 aromatic heterocycles. The lowest BCUT2D eigenvalue weighted by molar-refractivity contribution is -0.127. The van der Waals surface area contributed by atoms with Gasteiger partial charge < -0.3 is 15.2 Å². The van der Waals surface area contributed by atoms with Crippen molar-refractivity contribution in [2.24, 2.45) is 0 Å². The molecule has 6 heteroatoms. The molecule has 2 N–H and O–H groups in total. The van der Waals surface area contributed by atoms with Crippen LogP contribution in [0.15, 0.2) is 18.2 Å². The Bertz CT molecular complexity index is 513. The molecule has 0 saturated heterocycles. The monoisotopic (exact) mass is 375 g/mol. The third kappa shape index (κ3) is 3.82. The molecule has 1 aromatic rings. The highest BCUT2D eigenvalue weighted by Crippen LogP contribution is 2.24. The molecule has 0 bridgehead atoms. The predicted octanol–water partition coefficient (Wildman–Crippen LogP) is 2.04. The van der Waals surface area contributed by atoms with Crippen molar-refractivity contribution in [3.63, 3.8) is 0 Å². The molecule has 19 heavy (non-hydrogen) atoms. The molecule has 1 aliphatic rings. The number of carbonyl (C=O) groups is 2. The number of ether oxygens (including phenoxy) is 1. The van der Waals surface area contributed by atoms with Gasteiger partial charge in [-0.15, -0.1) is 0 Å². The summed E-state index contributed by atoms with van der Waals surface area (Å²) in [5.74, 6) is -0.769. The molecule has 0 aliphatic heterocycles. The van der Waals surface area contributed by atoms with Gasteiger partial charge in [-0.3, -0.25) is 4.79 Å². The van der Waals surface area contributed by atoms with Gasteiger partial charge in [0, 0.05) is 6.04 Å². The lowest BCUT2D eigenvalue weighted by Gasteiger charge is -2.16. The first-order chi connectivity index (χ1) is 8.97. The van der Waals surface area contributed by atoms with Gasteiger partial charge in [-0.1, -0.05) is 0 Å². The van der Waals surface area contributed by atoms with E-state index in [2.05, 4.69) is 5.32 Å². The van der Waals surface area contributed by atoms with Crippen LogP contribution in [0.25, 0.3) is 0 Å². The fraction of sp³-hybridized carbons (Fsp3) is 0.385. The van der Waals surface area contributed by atoms with E-state index in [9.17, 15) is 9.59 Å². The minimum atomic E-state index is -1.02. The summed E-state index contributed by atoms with van der Waals surface area (Å²) in [5.41, 5.74) is 0.144. The molecule has 1 atom stereocenters. The van der Waals surface area contributed by atoms with Crippen LogP contribution < -0.4 is 10.1 Å². The molecule has 1 unspecified atom stereocenters. The first-order valence-electron chi connectivity index (χ1n) is 5.97. The molecule has 0 radical (unpaired) electrons. The van der Waals surface area contributed by atoms with E-state index in [4.69, 9.17) is 9.84 Å². The van der Waals surface area contributed by atoms with Crippen molar-refractivity contribution in [2.75, 3.05) is 0 Å². The number of amides is 1. The number of nitrogens with one attached hydrogen (secondary N) is 1. The smallest absolute Gasteiger partial charge is 0.335 e. The van der Waals surface area contributed by atoms with Gasteiger partial charge in [0.1, 0.15) is 5.75 Å². The van der Waals surface area contributed by atoms with E-state index < -0.39 is 12.1 Å². The van der Waals surface area contributed by atoms with Gasteiger partial charge in [-0.05, 0) is 60.6 Å². The number of hydrogen-bond donors (Lipinski definition) is 2. The normalized spacial score (nSPS) is 15.7. The molecular weight excluding hydrogens is 361 g/mol. The maximum Gasteiger partial charge on any atom is 0.335 e. The summed E-state index contributed by atoms with van der Waals surface area (Å²) in [7, 11) is 0. The molecule has 102 valence electrons. The van der Waals surface area contributed by atoms with Crippen molar-refractivity contribution in [3.05, 3.63) is 27.3 Å². The van der Waals surface area contributed by atoms with E-state index in [1.807, 2.05) is 22.6 Å². The number of carboxylic acid groups (broad SMARTS) is 1. The minimum Gasteiger partial charge on any atom is -0.480 e. The SMILES string of the molecule is CC(Oc1cc(C(=O)O)ccc1I)C(=O)NC1CC1. The number of carbonyl (C=O) groups excluding carboxylic acids is 1. The van der Waals surface area contributed by atoms with Crippen LogP contribution in [0.3, 0.4) is 0 Å². The number of aromatic carboxylic acids is 1. The highest BCUT2D eigenvalue weighted by Gasteiger charge is 2.26. The zero-order valence-electron chi connectivity index (χ0n) is 10.4. The van der Waals surface area contributed by atoms with E-state index in [1.165, 1.54) is 12.1 Å². The van der Waals surface area contributed by atoms with Crippen molar-refractivity contribution in [1.82, 2.24) is 5.32 Å². The van der Waals surface area contributed by atoms with Gasteiger partial charge >= 0.3 is 5.97 Å². The summed E-state index contributed by atoms with van der Waals surface area (Å²) in [4.78, 5) is 22.7. The number of halogens is 1. The molecule has 2 rings (SSSR count). The van der Waals surface area contributed by atoms with Crippen LogP contribution in [0, 0.1) is 3.57 Å². The second-order valence-corrected chi connectivity index (χ2v) is 5.66. The van der Waals surface area contributed by atoms with Crippen molar-refractivity contribution >= 4 is 34.5 Å². The van der Waals surface area contributed by atoms with Crippen LogP contribution in [0.5, 0.6) is 5.75 Å². The Kier molecular flexibility index (Phi) is 4.28. The van der Waals surface area contributed by atoms with E-state index in [0.29, 0.717) is 5.75 Å². The molecule has 1 saturated carbocycles. The lowest BCUT2D eigenvalue weighted by atomic mass is 10.2. The maximum atomic E-state index is 11.8. The Labute approximate surface area is 124 Å². The summed E-state index contributed by atoms with van der Waals surface area (Å²) >= 11 is 2.05. The van der Waals surface area contributed by atoms with Gasteiger partial charge in [0.2, 0.25) is 0 Å². The summed E-state index contributed by atoms with van der Waals surface area (Å²) in [6.45, 7) is 1.65. The minimum absolute atomic E-state index is 0.144. The third-order valence-electron chi connectivity index (χ3n) is 2.77. The van der Waals surface area contributed by atoms with Crippen LogP contribution in [-0.2, 0) is 4.79 Å². The van der Waals surface area contributed by atoms with E-state index in [-0.39, 0.29) is 17.5 Å². The standard InChI is InChI=1S/C13H14INO4/c1-7(12(16)15-9-3-4-9)19-11-6-8(13(17)18)2-5-10(11)14/h2,5-7,9H,3-4H2,1H3,(H,15,16)(H,17,18). The topological polar surface area (TPSA) is 75.6 Å². The summed E-state index contributed by atoms with van der Waals surface area (Å²) in [6.07, 6.45) is 1.40. The number of rotatable bonds is 5. The fourth-order valence-electron chi connectivity index (χ4n) is 1.52. The van der Waals surface area contributed by atoms with Gasteiger partial charge in [-0.2, -0.15) is 0 Å². The van der Waals surface area contributed by atoms with Crippen molar-refractivity contribution < 1.29 is 19.4 Å². The van der Waals surface area contributed by atoms with Crippen LogP contribution in [0.4, 0.5) is 0 Å². The Morgan fingerprint density at radius 1 is 1.47 bits per heavy atom. The molecule has 1 aliphatic carbocycles. The Hall–Kier alpha value is -1.31. The second-order valence-electron chi connectivity index (χ2n) is 4.49. The quantitative estimate of drug-likeness (QED) is 0.773. The Balaban J connectivity index is 2.06. The zero-order valence-corrected chi connectivity index (χ0v) is 12.5. The van der Waals surface area contributed by atoms with E-state index >= 15 is 0 Å². The second kappa shape index (κ2) is 5.77. The molecular formula is C13H14INO4. The van der Waals surface area contributed by atoms with Crippen LogP contribution in [0.2, 0.25) is 0 Å². The average molecular weight is 375 g/mol. The average Bonchev–Trinajstić information content (AvgIpc) is 3.15. The summed E-state index contributed by atoms with van der Waals surface area (Å²) < 4.78 is 6.32. The van der Waals surface area contributed by atoms with Crippen molar-refractivity contribution in [2.45, 2.75) is 31.9 Å². The van der Waals surface area contributed by atoms with Gasteiger partial charge in [0.25, 0.3) is 5.91 Å². The van der Waals surface area contributed by atoms with Crippen LogP contribution in [-0.4, -0.2) is 29.1 Å². The largest absolute Gasteiger partial charge is 0.480 e. The number of benzene rings is 1. The zero-order chi connectivity index (χ0) is 14.0. The van der Waals surface area contributed by atoms with E-state index in [1.54, 1.807) is 13.0 Å². The van der Waals surface area contributed by atoms with Gasteiger partial charge in [0.15, 0.2) is 6.10 Å². The molecule has 1 fully saturated rings. The van der Waals surface area contributed by atoms with Crippen molar-refractivity contribution in [3.8, 4) is 5.75 Å². The highest BCUT2D eigenvalue weighted by molar-refractivity contribution is 14.1.